The number of amidine groups is 1. The SMILES string of the molecule is CC1(C2CCN(C(=O)c3ccncc3)CC2)OCN=C(N[C@H]2C[C@@H]3CC[C@H]2C3)S1. The summed E-state index contributed by atoms with van der Waals surface area (Å²) in [5.41, 5.74) is 0.720. The maximum Gasteiger partial charge on any atom is 0.253 e. The van der Waals surface area contributed by atoms with Crippen LogP contribution in [0.2, 0.25) is 0 Å². The smallest absolute Gasteiger partial charge is 0.253 e. The molecule has 1 aromatic heterocycles. The minimum atomic E-state index is -0.270. The van der Waals surface area contributed by atoms with E-state index in [-0.39, 0.29) is 10.8 Å². The first-order chi connectivity index (χ1) is 14.1. The highest BCUT2D eigenvalue weighted by Crippen LogP contribution is 2.46. The third-order valence-electron chi connectivity index (χ3n) is 7.36. The number of aliphatic imine (C=N–C) groups is 1. The summed E-state index contributed by atoms with van der Waals surface area (Å²) >= 11 is 1.77. The van der Waals surface area contributed by atoms with Crippen molar-refractivity contribution in [2.45, 2.75) is 56.4 Å². The van der Waals surface area contributed by atoms with Gasteiger partial charge in [-0.2, -0.15) is 0 Å². The summed E-state index contributed by atoms with van der Waals surface area (Å²) in [7, 11) is 0. The lowest BCUT2D eigenvalue weighted by molar-refractivity contribution is -0.0201. The number of thioether (sulfide) groups is 1. The zero-order valence-corrected chi connectivity index (χ0v) is 17.9. The number of pyridine rings is 1. The van der Waals surface area contributed by atoms with Crippen molar-refractivity contribution in [1.82, 2.24) is 15.2 Å². The van der Waals surface area contributed by atoms with E-state index in [9.17, 15) is 4.79 Å². The molecule has 7 heteroatoms. The number of hydrogen-bond acceptors (Lipinski definition) is 6. The normalized spacial score (nSPS) is 34.9. The van der Waals surface area contributed by atoms with Crippen LogP contribution in [0, 0.1) is 17.8 Å². The molecule has 4 atom stereocenters. The second kappa shape index (κ2) is 7.91. The van der Waals surface area contributed by atoms with Crippen LogP contribution >= 0.6 is 11.8 Å². The number of rotatable bonds is 3. The van der Waals surface area contributed by atoms with Crippen LogP contribution in [0.15, 0.2) is 29.5 Å². The summed E-state index contributed by atoms with van der Waals surface area (Å²) in [6.45, 7) is 4.19. The molecule has 5 rings (SSSR count). The number of likely N-dealkylation sites (tertiary alicyclic amines) is 1. The summed E-state index contributed by atoms with van der Waals surface area (Å²) in [5.74, 6) is 2.28. The molecular formula is C22H30N4O2S. The number of carbonyl (C=O) groups excluding carboxylic acids is 1. The largest absolute Gasteiger partial charge is 0.362 e. The number of fused-ring (bicyclic) bond motifs is 2. The molecule has 4 aliphatic rings. The maximum atomic E-state index is 12.7. The topological polar surface area (TPSA) is 66.8 Å². The van der Waals surface area contributed by atoms with Crippen LogP contribution in [0.4, 0.5) is 0 Å². The molecule has 3 heterocycles. The number of aromatic nitrogens is 1. The Balaban J connectivity index is 1.17. The summed E-state index contributed by atoms with van der Waals surface area (Å²) in [6, 6.07) is 4.18. The van der Waals surface area contributed by atoms with Crippen LogP contribution < -0.4 is 5.32 Å². The molecule has 2 bridgehead atoms. The maximum absolute atomic E-state index is 12.7. The minimum Gasteiger partial charge on any atom is -0.362 e. The fourth-order valence-electron chi connectivity index (χ4n) is 5.61. The minimum absolute atomic E-state index is 0.105. The molecule has 1 unspecified atom stereocenters. The third kappa shape index (κ3) is 3.91. The van der Waals surface area contributed by atoms with Gasteiger partial charge in [-0.05, 0) is 63.0 Å². The molecule has 1 amide bonds. The van der Waals surface area contributed by atoms with Crippen molar-refractivity contribution < 1.29 is 9.53 Å². The number of ether oxygens (including phenoxy) is 1. The Morgan fingerprint density at radius 1 is 1.21 bits per heavy atom. The van der Waals surface area contributed by atoms with Crippen LogP contribution in [0.1, 0.15) is 55.8 Å². The molecule has 0 aromatic carbocycles. The Morgan fingerprint density at radius 3 is 2.69 bits per heavy atom. The van der Waals surface area contributed by atoms with E-state index in [1.54, 1.807) is 36.3 Å². The molecule has 29 heavy (non-hydrogen) atoms. The van der Waals surface area contributed by atoms with Crippen molar-refractivity contribution in [2.24, 2.45) is 22.7 Å². The lowest BCUT2D eigenvalue weighted by atomic mass is 9.91. The van der Waals surface area contributed by atoms with E-state index >= 15 is 0 Å². The first-order valence-electron chi connectivity index (χ1n) is 10.9. The van der Waals surface area contributed by atoms with Crippen molar-refractivity contribution >= 4 is 22.8 Å². The van der Waals surface area contributed by atoms with Gasteiger partial charge in [0.15, 0.2) is 5.17 Å². The number of nitrogens with one attached hydrogen (secondary N) is 1. The average molecular weight is 415 g/mol. The first-order valence-corrected chi connectivity index (χ1v) is 11.8. The molecule has 6 nitrogen and oxygen atoms in total. The Morgan fingerprint density at radius 2 is 2.00 bits per heavy atom. The second-order valence-electron chi connectivity index (χ2n) is 9.08. The van der Waals surface area contributed by atoms with Gasteiger partial charge in [-0.1, -0.05) is 18.2 Å². The van der Waals surface area contributed by atoms with Gasteiger partial charge >= 0.3 is 0 Å². The van der Waals surface area contributed by atoms with E-state index in [1.165, 1.54) is 25.7 Å². The van der Waals surface area contributed by atoms with Crippen LogP contribution in [-0.4, -0.2) is 51.8 Å². The zero-order chi connectivity index (χ0) is 19.8. The fourth-order valence-corrected chi connectivity index (χ4v) is 6.84. The van der Waals surface area contributed by atoms with Gasteiger partial charge in [-0.15, -0.1) is 0 Å². The number of amides is 1. The molecule has 2 aliphatic heterocycles. The standard InChI is InChI=1S/C22H30N4O2S/c1-22(18-6-10-26(11-7-18)20(27)16-4-8-23-9-5-16)28-14-24-21(29-22)25-19-13-15-2-3-17(19)12-15/h4-5,8-9,15,17-19H,2-3,6-7,10-14H2,1H3,(H,24,25)/t15-,17+,19+,22?/m1/s1. The Hall–Kier alpha value is -1.60. The van der Waals surface area contributed by atoms with Gasteiger partial charge in [-0.25, -0.2) is 4.99 Å². The molecule has 2 saturated carbocycles. The van der Waals surface area contributed by atoms with E-state index in [0.29, 0.717) is 18.7 Å². The van der Waals surface area contributed by atoms with E-state index in [4.69, 9.17) is 4.74 Å². The Bertz CT molecular complexity index is 780. The van der Waals surface area contributed by atoms with Crippen LogP contribution in [0.3, 0.4) is 0 Å². The Kier molecular flexibility index (Phi) is 5.28. The highest BCUT2D eigenvalue weighted by atomic mass is 32.2. The summed E-state index contributed by atoms with van der Waals surface area (Å²) < 4.78 is 6.17. The fraction of sp³-hybridized carbons (Fsp3) is 0.682. The highest BCUT2D eigenvalue weighted by Gasteiger charge is 2.44. The molecule has 3 fully saturated rings. The molecule has 2 aliphatic carbocycles. The summed E-state index contributed by atoms with van der Waals surface area (Å²) in [4.78, 5) is 23.0. The monoisotopic (exact) mass is 414 g/mol. The van der Waals surface area contributed by atoms with Crippen LogP contribution in [0.25, 0.3) is 0 Å². The van der Waals surface area contributed by atoms with E-state index in [1.807, 2.05) is 4.90 Å². The van der Waals surface area contributed by atoms with Gasteiger partial charge in [0.25, 0.3) is 5.91 Å². The number of nitrogens with zero attached hydrogens (tertiary/aromatic N) is 3. The summed E-state index contributed by atoms with van der Waals surface area (Å²) in [6.07, 6.45) is 10.8. The van der Waals surface area contributed by atoms with Gasteiger partial charge < -0.3 is 15.0 Å². The molecule has 0 radical (unpaired) electrons. The number of carbonyl (C=O) groups is 1. The predicted octanol–water partition coefficient (Wildman–Crippen LogP) is 3.51. The highest BCUT2D eigenvalue weighted by molar-refractivity contribution is 8.14. The molecule has 1 N–H and O–H groups in total. The van der Waals surface area contributed by atoms with E-state index in [0.717, 1.165) is 48.5 Å². The quantitative estimate of drug-likeness (QED) is 0.820. The molecule has 156 valence electrons. The van der Waals surface area contributed by atoms with Gasteiger partial charge in [0.05, 0.1) is 0 Å². The second-order valence-corrected chi connectivity index (χ2v) is 10.5. The lowest BCUT2D eigenvalue weighted by Crippen LogP contribution is -2.49. The lowest BCUT2D eigenvalue weighted by Gasteiger charge is -2.43. The van der Waals surface area contributed by atoms with Crippen LogP contribution in [0.5, 0.6) is 0 Å². The first kappa shape index (κ1) is 19.4. The van der Waals surface area contributed by atoms with Crippen molar-refractivity contribution in [1.29, 1.82) is 0 Å². The Labute approximate surface area is 176 Å². The van der Waals surface area contributed by atoms with Crippen molar-refractivity contribution in [2.75, 3.05) is 19.8 Å². The molecule has 0 spiro atoms. The number of piperidine rings is 1. The van der Waals surface area contributed by atoms with Crippen molar-refractivity contribution in [3.05, 3.63) is 30.1 Å². The zero-order valence-electron chi connectivity index (χ0n) is 17.0. The average Bonchev–Trinajstić information content (AvgIpc) is 3.37. The number of hydrogen-bond donors (Lipinski definition) is 1. The van der Waals surface area contributed by atoms with Gasteiger partial charge in [0, 0.05) is 43.0 Å². The van der Waals surface area contributed by atoms with Gasteiger partial charge in [0.1, 0.15) is 11.7 Å². The van der Waals surface area contributed by atoms with E-state index in [2.05, 4.69) is 22.2 Å². The molecular weight excluding hydrogens is 384 g/mol. The predicted molar refractivity (Wildman–Crippen MR) is 115 cm³/mol. The molecule has 1 saturated heterocycles. The van der Waals surface area contributed by atoms with E-state index < -0.39 is 0 Å². The van der Waals surface area contributed by atoms with Gasteiger partial charge in [-0.3, -0.25) is 9.78 Å². The molecule has 1 aromatic rings. The van der Waals surface area contributed by atoms with Crippen LogP contribution in [-0.2, 0) is 4.74 Å². The summed E-state index contributed by atoms with van der Waals surface area (Å²) in [5, 5.41) is 4.82. The third-order valence-corrected chi connectivity index (χ3v) is 8.65. The van der Waals surface area contributed by atoms with Gasteiger partial charge in [0.2, 0.25) is 0 Å². The van der Waals surface area contributed by atoms with Crippen molar-refractivity contribution in [3.63, 3.8) is 0 Å². The van der Waals surface area contributed by atoms with Crippen molar-refractivity contribution in [3.8, 4) is 0 Å².